The lowest BCUT2D eigenvalue weighted by atomic mass is 10.1. The molecule has 0 fully saturated rings. The molecule has 0 radical (unpaired) electrons. The van der Waals surface area contributed by atoms with Crippen LogP contribution in [0.25, 0.3) is 0 Å². The number of halogens is 1. The molecule has 0 atom stereocenters. The molecule has 134 valence electrons. The normalized spacial score (nSPS) is 11.0. The van der Waals surface area contributed by atoms with Crippen molar-refractivity contribution in [2.24, 2.45) is 5.92 Å². The van der Waals surface area contributed by atoms with Gasteiger partial charge in [0.1, 0.15) is 11.5 Å². The summed E-state index contributed by atoms with van der Waals surface area (Å²) in [6.07, 6.45) is 0. The molecular formula is C20H25FN2O2. The van der Waals surface area contributed by atoms with Gasteiger partial charge in [-0.1, -0.05) is 26.0 Å². The van der Waals surface area contributed by atoms with Crippen LogP contribution in [-0.2, 0) is 6.54 Å². The van der Waals surface area contributed by atoms with Gasteiger partial charge in [0.2, 0.25) is 0 Å². The summed E-state index contributed by atoms with van der Waals surface area (Å²) < 4.78 is 15.0. The first kappa shape index (κ1) is 18.9. The molecule has 1 aromatic carbocycles. The highest BCUT2D eigenvalue weighted by atomic mass is 19.1. The lowest BCUT2D eigenvalue weighted by Gasteiger charge is -2.14. The number of nitrogens with one attached hydrogen (secondary N) is 1. The largest absolute Gasteiger partial charge is 0.350 e. The number of ketones is 1. The van der Waals surface area contributed by atoms with Crippen molar-refractivity contribution in [3.05, 3.63) is 58.2 Å². The Morgan fingerprint density at radius 1 is 1.16 bits per heavy atom. The van der Waals surface area contributed by atoms with Gasteiger partial charge in [0, 0.05) is 24.3 Å². The van der Waals surface area contributed by atoms with Gasteiger partial charge in [-0.3, -0.25) is 9.59 Å². The second kappa shape index (κ2) is 7.64. The van der Waals surface area contributed by atoms with Crippen molar-refractivity contribution in [2.45, 2.75) is 41.2 Å². The monoisotopic (exact) mass is 344 g/mol. The molecule has 1 aromatic heterocycles. The van der Waals surface area contributed by atoms with Gasteiger partial charge in [-0.05, 0) is 49.9 Å². The molecular weight excluding hydrogens is 319 g/mol. The number of carbonyl (C=O) groups is 2. The first-order valence-corrected chi connectivity index (χ1v) is 8.45. The van der Waals surface area contributed by atoms with Crippen molar-refractivity contribution in [3.63, 3.8) is 0 Å². The predicted octanol–water partition coefficient (Wildman–Crippen LogP) is 3.88. The van der Waals surface area contributed by atoms with E-state index in [0.717, 1.165) is 11.3 Å². The van der Waals surface area contributed by atoms with Crippen LogP contribution in [0, 0.1) is 25.6 Å². The van der Waals surface area contributed by atoms with Crippen molar-refractivity contribution >= 4 is 11.7 Å². The predicted molar refractivity (Wildman–Crippen MR) is 96.6 cm³/mol. The lowest BCUT2D eigenvalue weighted by Crippen LogP contribution is -2.30. The zero-order valence-electron chi connectivity index (χ0n) is 15.4. The molecule has 0 bridgehead atoms. The van der Waals surface area contributed by atoms with Crippen LogP contribution in [0.4, 0.5) is 4.39 Å². The maximum absolute atomic E-state index is 13.1. The Kier molecular flexibility index (Phi) is 5.77. The lowest BCUT2D eigenvalue weighted by molar-refractivity contribution is 0.0939. The maximum atomic E-state index is 13.1. The van der Waals surface area contributed by atoms with E-state index in [9.17, 15) is 14.0 Å². The maximum Gasteiger partial charge on any atom is 0.268 e. The summed E-state index contributed by atoms with van der Waals surface area (Å²) in [7, 11) is 0. The SMILES string of the molecule is CC(=O)c1c(C)c(C(=O)NCC(C)C)n(Cc2ccc(F)cc2)c1C. The highest BCUT2D eigenvalue weighted by Gasteiger charge is 2.24. The highest BCUT2D eigenvalue weighted by Crippen LogP contribution is 2.24. The molecule has 25 heavy (non-hydrogen) atoms. The Morgan fingerprint density at radius 3 is 2.28 bits per heavy atom. The summed E-state index contributed by atoms with van der Waals surface area (Å²) in [5.41, 5.74) is 3.38. The van der Waals surface area contributed by atoms with E-state index in [1.807, 2.05) is 25.3 Å². The molecule has 0 saturated carbocycles. The van der Waals surface area contributed by atoms with Gasteiger partial charge in [0.05, 0.1) is 0 Å². The summed E-state index contributed by atoms with van der Waals surface area (Å²) in [6.45, 7) is 10.2. The van der Waals surface area contributed by atoms with Crippen LogP contribution in [-0.4, -0.2) is 22.8 Å². The second-order valence-electron chi connectivity index (χ2n) is 6.81. The van der Waals surface area contributed by atoms with Gasteiger partial charge in [0.25, 0.3) is 5.91 Å². The Hall–Kier alpha value is -2.43. The molecule has 1 heterocycles. The molecule has 1 N–H and O–H groups in total. The zero-order chi connectivity index (χ0) is 18.7. The van der Waals surface area contributed by atoms with Crippen LogP contribution in [0.1, 0.15) is 58.4 Å². The van der Waals surface area contributed by atoms with E-state index >= 15 is 0 Å². The van der Waals surface area contributed by atoms with E-state index in [1.165, 1.54) is 19.1 Å². The third-order valence-electron chi connectivity index (χ3n) is 4.26. The summed E-state index contributed by atoms with van der Waals surface area (Å²) in [5.74, 6) is -0.226. The Balaban J connectivity index is 2.48. The smallest absolute Gasteiger partial charge is 0.268 e. The molecule has 0 aliphatic rings. The summed E-state index contributed by atoms with van der Waals surface area (Å²) in [6, 6.07) is 6.16. The number of benzene rings is 1. The molecule has 1 amide bonds. The van der Waals surface area contributed by atoms with Gasteiger partial charge in [0.15, 0.2) is 5.78 Å². The van der Waals surface area contributed by atoms with Crippen molar-refractivity contribution in [1.29, 1.82) is 0 Å². The zero-order valence-corrected chi connectivity index (χ0v) is 15.4. The molecule has 0 saturated heterocycles. The fourth-order valence-electron chi connectivity index (χ4n) is 3.06. The number of carbonyl (C=O) groups excluding carboxylic acids is 2. The molecule has 0 aliphatic carbocycles. The molecule has 0 aliphatic heterocycles. The van der Waals surface area contributed by atoms with Gasteiger partial charge >= 0.3 is 0 Å². The third-order valence-corrected chi connectivity index (χ3v) is 4.26. The minimum Gasteiger partial charge on any atom is -0.350 e. The van der Waals surface area contributed by atoms with Gasteiger partial charge < -0.3 is 9.88 Å². The summed E-state index contributed by atoms with van der Waals surface area (Å²) in [4.78, 5) is 24.8. The van der Waals surface area contributed by atoms with E-state index < -0.39 is 0 Å². The second-order valence-corrected chi connectivity index (χ2v) is 6.81. The van der Waals surface area contributed by atoms with Crippen molar-refractivity contribution in [1.82, 2.24) is 9.88 Å². The van der Waals surface area contributed by atoms with Crippen LogP contribution >= 0.6 is 0 Å². The highest BCUT2D eigenvalue weighted by molar-refractivity contribution is 6.02. The van der Waals surface area contributed by atoms with Gasteiger partial charge in [-0.2, -0.15) is 0 Å². The van der Waals surface area contributed by atoms with Gasteiger partial charge in [-0.15, -0.1) is 0 Å². The topological polar surface area (TPSA) is 51.1 Å². The number of rotatable bonds is 6. The average molecular weight is 344 g/mol. The molecule has 2 rings (SSSR count). The molecule has 0 unspecified atom stereocenters. The van der Waals surface area contributed by atoms with Crippen LogP contribution in [0.2, 0.25) is 0 Å². The molecule has 2 aromatic rings. The fourth-order valence-corrected chi connectivity index (χ4v) is 3.06. The Bertz CT molecular complexity index is 789. The van der Waals surface area contributed by atoms with E-state index in [0.29, 0.717) is 35.8 Å². The average Bonchev–Trinajstić information content (AvgIpc) is 2.78. The van der Waals surface area contributed by atoms with Crippen LogP contribution < -0.4 is 5.32 Å². The number of aromatic nitrogens is 1. The van der Waals surface area contributed by atoms with Crippen LogP contribution in [0.5, 0.6) is 0 Å². The van der Waals surface area contributed by atoms with Crippen molar-refractivity contribution < 1.29 is 14.0 Å². The Labute approximate surface area is 148 Å². The number of hydrogen-bond donors (Lipinski definition) is 1. The summed E-state index contributed by atoms with van der Waals surface area (Å²) >= 11 is 0. The third kappa shape index (κ3) is 4.16. The first-order valence-electron chi connectivity index (χ1n) is 8.45. The Morgan fingerprint density at radius 2 is 1.76 bits per heavy atom. The first-order chi connectivity index (χ1) is 11.7. The number of Topliss-reactive ketones (excluding diaryl/α,β-unsaturated/α-hetero) is 1. The molecule has 4 nitrogen and oxygen atoms in total. The standard InChI is InChI=1S/C20H25FN2O2/c1-12(2)10-22-20(25)19-13(3)18(15(5)24)14(4)23(19)11-16-6-8-17(21)9-7-16/h6-9,12H,10-11H2,1-5H3,(H,22,25). The fraction of sp³-hybridized carbons (Fsp3) is 0.400. The van der Waals surface area contributed by atoms with Crippen molar-refractivity contribution in [2.75, 3.05) is 6.54 Å². The van der Waals surface area contributed by atoms with E-state index in [1.54, 1.807) is 19.1 Å². The van der Waals surface area contributed by atoms with E-state index in [-0.39, 0.29) is 17.5 Å². The summed E-state index contributed by atoms with van der Waals surface area (Å²) in [5, 5.41) is 2.92. The van der Waals surface area contributed by atoms with E-state index in [4.69, 9.17) is 0 Å². The number of nitrogens with zero attached hydrogens (tertiary/aromatic N) is 1. The molecule has 0 spiro atoms. The van der Waals surface area contributed by atoms with Crippen molar-refractivity contribution in [3.8, 4) is 0 Å². The quantitative estimate of drug-likeness (QED) is 0.809. The van der Waals surface area contributed by atoms with E-state index in [2.05, 4.69) is 5.32 Å². The minimum absolute atomic E-state index is 0.0641. The van der Waals surface area contributed by atoms with Crippen LogP contribution in [0.3, 0.4) is 0 Å². The molecule has 5 heteroatoms. The number of hydrogen-bond acceptors (Lipinski definition) is 2. The minimum atomic E-state index is -0.302. The van der Waals surface area contributed by atoms with Crippen LogP contribution in [0.15, 0.2) is 24.3 Å². The van der Waals surface area contributed by atoms with Gasteiger partial charge in [-0.25, -0.2) is 4.39 Å². The number of amides is 1.